The van der Waals surface area contributed by atoms with Gasteiger partial charge in [-0.05, 0) is 72.5 Å². The largest absolute Gasteiger partial charge is 0.457 e. The first-order valence-electron chi connectivity index (χ1n) is 23.2. The number of alkyl halides is 6. The highest BCUT2D eigenvalue weighted by atomic mass is 32.2. The molecule has 12 atom stereocenters. The maximum absolute atomic E-state index is 16.5. The predicted octanol–water partition coefficient (Wildman–Crippen LogP) is 2.23. The van der Waals surface area contributed by atoms with Crippen molar-refractivity contribution in [3.63, 3.8) is 0 Å². The average molecular weight is 1140 g/mol. The molecule has 27 heteroatoms. The number of halogens is 6. The molecule has 9 N–H and O–H groups in total. The summed E-state index contributed by atoms with van der Waals surface area (Å²) >= 11 is 0. The number of aliphatic hydroxyl groups is 9. The van der Waals surface area contributed by atoms with Gasteiger partial charge in [0.2, 0.25) is 19.7 Å². The van der Waals surface area contributed by atoms with E-state index in [1.807, 2.05) is 0 Å². The molecule has 2 fully saturated rings. The van der Waals surface area contributed by atoms with Crippen LogP contribution in [0.3, 0.4) is 0 Å². The molecule has 78 heavy (non-hydrogen) atoms. The molecule has 9 rings (SSSR count). The van der Waals surface area contributed by atoms with Gasteiger partial charge in [-0.15, -0.1) is 0 Å². The van der Waals surface area contributed by atoms with Gasteiger partial charge in [0.1, 0.15) is 54.9 Å². The molecule has 416 valence electrons. The lowest BCUT2D eigenvalue weighted by molar-refractivity contribution is -0.263. The fourth-order valence-corrected chi connectivity index (χ4v) is 13.3. The van der Waals surface area contributed by atoms with E-state index in [4.69, 9.17) is 14.2 Å². The van der Waals surface area contributed by atoms with Crippen molar-refractivity contribution in [3.8, 4) is 22.3 Å². The molecule has 0 aromatic heterocycles. The van der Waals surface area contributed by atoms with E-state index in [-0.39, 0.29) is 33.4 Å². The van der Waals surface area contributed by atoms with Crippen LogP contribution in [0.1, 0.15) is 52.6 Å². The van der Waals surface area contributed by atoms with E-state index >= 15 is 26.3 Å². The molecule has 19 nitrogen and oxygen atoms in total. The molecular formula is C51H44F6O19S2. The van der Waals surface area contributed by atoms with Crippen LogP contribution in [-0.2, 0) is 38.7 Å². The zero-order valence-electron chi connectivity index (χ0n) is 40.2. The Morgan fingerprint density at radius 2 is 0.731 bits per heavy atom. The number of allylic oxidation sites excluding steroid dienone is 6. The van der Waals surface area contributed by atoms with Crippen LogP contribution in [-0.4, -0.2) is 172 Å². The number of aliphatic hydroxyl groups excluding tert-OH is 9. The first kappa shape index (κ1) is 56.4. The highest BCUT2D eigenvalue weighted by molar-refractivity contribution is 7.96. The van der Waals surface area contributed by atoms with Crippen LogP contribution in [0.25, 0.3) is 33.4 Å². The Labute approximate surface area is 437 Å². The van der Waals surface area contributed by atoms with Gasteiger partial charge in [0.15, 0.2) is 18.3 Å². The van der Waals surface area contributed by atoms with E-state index in [1.54, 1.807) is 0 Å². The van der Waals surface area contributed by atoms with E-state index in [0.29, 0.717) is 0 Å². The fraction of sp³-hybridized carbons (Fsp3) is 0.353. The normalized spacial score (nSPS) is 31.2. The minimum Gasteiger partial charge on any atom is -0.457 e. The Bertz CT molecular complexity index is 3510. The highest BCUT2D eigenvalue weighted by Crippen LogP contribution is 2.67. The fourth-order valence-electron chi connectivity index (χ4n) is 10.2. The maximum Gasteiger partial charge on any atom is 0.380 e. The number of ether oxygens (including phenoxy) is 3. The molecule has 2 aliphatic heterocycles. The first-order valence-corrected chi connectivity index (χ1v) is 26.2. The van der Waals surface area contributed by atoms with Gasteiger partial charge in [0.25, 0.3) is 0 Å². The third kappa shape index (κ3) is 8.40. The summed E-state index contributed by atoms with van der Waals surface area (Å²) < 4.78 is 169. The number of benzene rings is 4. The van der Waals surface area contributed by atoms with Crippen LogP contribution in [0.4, 0.5) is 26.3 Å². The van der Waals surface area contributed by atoms with E-state index in [9.17, 15) is 77.2 Å². The Morgan fingerprint density at radius 3 is 1.08 bits per heavy atom. The zero-order chi connectivity index (χ0) is 57.4. The molecule has 5 aliphatic rings. The number of fused-ring (bicyclic) bond motifs is 2. The number of carbonyl (C=O) groups is 3. The third-order valence-electron chi connectivity index (χ3n) is 14.6. The summed E-state index contributed by atoms with van der Waals surface area (Å²) in [6, 6.07) is 15.2. The van der Waals surface area contributed by atoms with Crippen molar-refractivity contribution in [1.82, 2.24) is 0 Å². The van der Waals surface area contributed by atoms with Gasteiger partial charge in [-0.2, -0.15) is 26.3 Å². The highest BCUT2D eigenvalue weighted by Gasteiger charge is 2.81. The molecule has 0 radical (unpaired) electrons. The average Bonchev–Trinajstić information content (AvgIpc) is 2.66. The number of rotatable bonds is 9. The predicted molar refractivity (Wildman–Crippen MR) is 253 cm³/mol. The van der Waals surface area contributed by atoms with Gasteiger partial charge in [-0.1, -0.05) is 48.5 Å². The lowest BCUT2D eigenvalue weighted by atomic mass is 9.84. The Hall–Kier alpha value is -6.37. The first-order chi connectivity index (χ1) is 36.2. The van der Waals surface area contributed by atoms with Crippen LogP contribution in [0.5, 0.6) is 0 Å². The number of esters is 3. The molecule has 2 saturated carbocycles. The van der Waals surface area contributed by atoms with Gasteiger partial charge in [0, 0.05) is 40.3 Å². The summed E-state index contributed by atoms with van der Waals surface area (Å²) in [5.74, 6) is -21.5. The lowest BCUT2D eigenvalue weighted by Gasteiger charge is -2.42. The van der Waals surface area contributed by atoms with E-state index < -0.39 is 182 Å². The van der Waals surface area contributed by atoms with Gasteiger partial charge >= 0.3 is 35.7 Å². The minimum absolute atomic E-state index is 0.00971. The van der Waals surface area contributed by atoms with Crippen molar-refractivity contribution in [2.45, 2.75) is 122 Å². The second-order valence-corrected chi connectivity index (χ2v) is 23.3. The maximum atomic E-state index is 16.5. The molecule has 0 spiro atoms. The van der Waals surface area contributed by atoms with Gasteiger partial charge < -0.3 is 60.2 Å². The number of hydrogen-bond acceptors (Lipinski definition) is 19. The summed E-state index contributed by atoms with van der Waals surface area (Å²) in [5.41, 5.74) is -8.65. The summed E-state index contributed by atoms with van der Waals surface area (Å²) in [7, 11) is -9.96. The molecule has 0 bridgehead atoms. The third-order valence-corrected chi connectivity index (χ3v) is 18.4. The lowest BCUT2D eigenvalue weighted by Crippen LogP contribution is -2.65. The molecule has 4 aromatic carbocycles. The standard InChI is InChI=1S/C51H44F6O19S2/c1-18-31(27-14-12-25(16-29(27)77(18,70)71)21-4-8-23(9-5-21)47(68)75-44-39(63)36(60)35(59)37(61)40(44)64)33-34(50(54,55)51(56,57)49(33,52)53)32-19(2)78(72,73)30-17-26(13-15-28(30)32)22-6-10-24(11-7-22)48(69)76-46-42(66)38(62)41(65)45(43(46)67)74-20(3)58/h4-17,35-46,59-67H,1-3H3/t35?,36-,37+,38-,39+,40-,41-,42+,43-,44?,45+,46+/m1/s1. The molecule has 3 aliphatic carbocycles. The number of sulfone groups is 2. The molecule has 0 saturated heterocycles. The quantitative estimate of drug-likeness (QED) is 0.0659. The smallest absolute Gasteiger partial charge is 0.380 e. The van der Waals surface area contributed by atoms with Crippen LogP contribution < -0.4 is 0 Å². The van der Waals surface area contributed by atoms with Gasteiger partial charge in [-0.3, -0.25) is 4.79 Å². The van der Waals surface area contributed by atoms with Crippen molar-refractivity contribution in [1.29, 1.82) is 0 Å². The van der Waals surface area contributed by atoms with Crippen molar-refractivity contribution in [2.75, 3.05) is 0 Å². The van der Waals surface area contributed by atoms with E-state index in [0.717, 1.165) is 81.4 Å². The van der Waals surface area contributed by atoms with Crippen molar-refractivity contribution >= 4 is 48.7 Å². The van der Waals surface area contributed by atoms with Crippen LogP contribution in [0.2, 0.25) is 0 Å². The molecule has 4 aromatic rings. The molecule has 2 unspecified atom stereocenters. The SMILES string of the molecule is CC(=O)O[C@@H]1[C@@H](O)[C@@H](OC(=O)c2ccc(-c3ccc4c(c3)S(=O)(=O)C(C)=C4C3=C(C4=C(C)S(=O)(=O)c5cc(-c6ccc(C(=O)OC7[C@@H](O)[C@H](O)C(O)[C@H](O)[C@H]7O)cc6)ccc54)C(F)(F)C(F)(F)C3(F)F)cc2)[C@@H](O)[C@H](O)[C@H]1O. The zero-order valence-corrected chi connectivity index (χ0v) is 41.8. The van der Waals surface area contributed by atoms with Crippen LogP contribution in [0.15, 0.2) is 116 Å². The molecule has 0 amide bonds. The van der Waals surface area contributed by atoms with Crippen molar-refractivity contribution in [3.05, 3.63) is 128 Å². The second-order valence-electron chi connectivity index (χ2n) is 19.1. The monoisotopic (exact) mass is 1140 g/mol. The molecular weight excluding hydrogens is 1090 g/mol. The molecule has 2 heterocycles. The summed E-state index contributed by atoms with van der Waals surface area (Å²) in [6.45, 7) is 2.36. The van der Waals surface area contributed by atoms with Gasteiger partial charge in [-0.25, -0.2) is 26.4 Å². The van der Waals surface area contributed by atoms with Crippen molar-refractivity contribution in [2.24, 2.45) is 0 Å². The van der Waals surface area contributed by atoms with Gasteiger partial charge in [0.05, 0.1) is 30.7 Å². The minimum atomic E-state index is -6.29. The Balaban J connectivity index is 1.04. The van der Waals surface area contributed by atoms with Crippen LogP contribution >= 0.6 is 0 Å². The van der Waals surface area contributed by atoms with E-state index in [2.05, 4.69) is 0 Å². The Kier molecular flexibility index (Phi) is 13.9. The second kappa shape index (κ2) is 19.2. The topological polar surface area (TPSA) is 329 Å². The van der Waals surface area contributed by atoms with E-state index in [1.165, 1.54) is 24.3 Å². The summed E-state index contributed by atoms with van der Waals surface area (Å²) in [6.07, 6.45) is -23.9. The number of hydrogen-bond donors (Lipinski definition) is 9. The Morgan fingerprint density at radius 1 is 0.436 bits per heavy atom. The summed E-state index contributed by atoms with van der Waals surface area (Å²) in [5, 5.41) is 92.0. The number of carbonyl (C=O) groups excluding carboxylic acids is 3. The van der Waals surface area contributed by atoms with Crippen LogP contribution in [0, 0.1) is 0 Å². The van der Waals surface area contributed by atoms with Crippen molar-refractivity contribution < 1.29 is 118 Å². The summed E-state index contributed by atoms with van der Waals surface area (Å²) in [4.78, 5) is 33.9.